The molecule has 160 valence electrons. The summed E-state index contributed by atoms with van der Waals surface area (Å²) in [4.78, 5) is 27.1. The number of nitro benzene ring substituents is 1. The van der Waals surface area contributed by atoms with Crippen LogP contribution in [0.1, 0.15) is 28.7 Å². The zero-order valence-electron chi connectivity index (χ0n) is 17.2. The lowest BCUT2D eigenvalue weighted by Gasteiger charge is -2.34. The molecule has 0 atom stereocenters. The highest BCUT2D eigenvalue weighted by molar-refractivity contribution is 5.94. The van der Waals surface area contributed by atoms with Crippen molar-refractivity contribution in [3.05, 3.63) is 75.7 Å². The molecule has 0 N–H and O–H groups in total. The van der Waals surface area contributed by atoms with Crippen LogP contribution >= 0.6 is 0 Å². The summed E-state index contributed by atoms with van der Waals surface area (Å²) in [6.45, 7) is 5.29. The van der Waals surface area contributed by atoms with Gasteiger partial charge >= 0.3 is 0 Å². The predicted molar refractivity (Wildman–Crippen MR) is 113 cm³/mol. The first kappa shape index (κ1) is 20.7. The first-order valence-electron chi connectivity index (χ1n) is 10.2. The monoisotopic (exact) mass is 421 g/mol. The van der Waals surface area contributed by atoms with Crippen molar-refractivity contribution in [3.8, 4) is 11.5 Å². The Hall–Kier alpha value is -3.59. The normalized spacial score (nSPS) is 14.5. The van der Waals surface area contributed by atoms with Gasteiger partial charge < -0.3 is 9.32 Å². The Labute approximate surface area is 179 Å². The Kier molecular flexibility index (Phi) is 6.03. The van der Waals surface area contributed by atoms with Gasteiger partial charge in [0.05, 0.1) is 11.5 Å². The van der Waals surface area contributed by atoms with Gasteiger partial charge in [-0.3, -0.25) is 19.8 Å². The van der Waals surface area contributed by atoms with Gasteiger partial charge in [0.1, 0.15) is 0 Å². The molecule has 1 aliphatic heterocycles. The van der Waals surface area contributed by atoms with E-state index in [9.17, 15) is 14.9 Å². The standard InChI is InChI=1S/C22H23N5O4/c1-2-16-3-5-18(6-4-16)22(28)26-13-11-25(12-14-26)15-20-23-24-21(31-20)17-7-9-19(10-8-17)27(29)30/h3-10H,2,11-15H2,1H3. The van der Waals surface area contributed by atoms with Crippen molar-refractivity contribution >= 4 is 11.6 Å². The molecule has 2 heterocycles. The lowest BCUT2D eigenvalue weighted by atomic mass is 10.1. The van der Waals surface area contributed by atoms with Gasteiger partial charge in [-0.2, -0.15) is 0 Å². The van der Waals surface area contributed by atoms with Crippen LogP contribution in [-0.4, -0.2) is 57.0 Å². The number of piperazine rings is 1. The van der Waals surface area contributed by atoms with E-state index in [1.807, 2.05) is 29.2 Å². The number of carbonyl (C=O) groups excluding carboxylic acids is 1. The zero-order valence-corrected chi connectivity index (χ0v) is 17.2. The van der Waals surface area contributed by atoms with E-state index in [-0.39, 0.29) is 11.6 Å². The molecule has 0 aliphatic carbocycles. The van der Waals surface area contributed by atoms with Crippen molar-refractivity contribution in [2.75, 3.05) is 26.2 Å². The minimum absolute atomic E-state index is 0.0113. The molecule has 1 aromatic heterocycles. The van der Waals surface area contributed by atoms with E-state index >= 15 is 0 Å². The number of benzene rings is 2. The Balaban J connectivity index is 1.32. The molecule has 0 unspecified atom stereocenters. The lowest BCUT2D eigenvalue weighted by molar-refractivity contribution is -0.384. The summed E-state index contributed by atoms with van der Waals surface area (Å²) in [6, 6.07) is 13.8. The molecule has 9 nitrogen and oxygen atoms in total. The van der Waals surface area contributed by atoms with E-state index in [4.69, 9.17) is 4.42 Å². The molecule has 31 heavy (non-hydrogen) atoms. The largest absolute Gasteiger partial charge is 0.419 e. The molecule has 1 fully saturated rings. The number of amides is 1. The van der Waals surface area contributed by atoms with Gasteiger partial charge in [0.25, 0.3) is 11.6 Å². The van der Waals surface area contributed by atoms with Crippen LogP contribution in [0, 0.1) is 10.1 Å². The van der Waals surface area contributed by atoms with Crippen LogP contribution in [0.4, 0.5) is 5.69 Å². The molecule has 0 bridgehead atoms. The van der Waals surface area contributed by atoms with Gasteiger partial charge in [-0.15, -0.1) is 10.2 Å². The molecule has 4 rings (SSSR count). The smallest absolute Gasteiger partial charge is 0.269 e. The molecule has 1 aliphatic rings. The number of aromatic nitrogens is 2. The first-order chi connectivity index (χ1) is 15.0. The van der Waals surface area contributed by atoms with Gasteiger partial charge in [0.15, 0.2) is 0 Å². The molecular formula is C22H23N5O4. The van der Waals surface area contributed by atoms with Crippen LogP contribution in [0.25, 0.3) is 11.5 Å². The highest BCUT2D eigenvalue weighted by Crippen LogP contribution is 2.22. The van der Waals surface area contributed by atoms with Gasteiger partial charge in [-0.1, -0.05) is 19.1 Å². The summed E-state index contributed by atoms with van der Waals surface area (Å²) in [5, 5.41) is 18.9. The van der Waals surface area contributed by atoms with Gasteiger partial charge in [-0.05, 0) is 36.2 Å². The number of carbonyl (C=O) groups is 1. The quantitative estimate of drug-likeness (QED) is 0.444. The van der Waals surface area contributed by atoms with E-state index < -0.39 is 4.92 Å². The highest BCUT2D eigenvalue weighted by atomic mass is 16.6. The van der Waals surface area contributed by atoms with Crippen LogP contribution < -0.4 is 0 Å². The number of non-ortho nitro benzene ring substituents is 1. The fraction of sp³-hybridized carbons (Fsp3) is 0.318. The number of nitro groups is 1. The topological polar surface area (TPSA) is 106 Å². The van der Waals surface area contributed by atoms with Crippen molar-refractivity contribution in [1.82, 2.24) is 20.0 Å². The minimum Gasteiger partial charge on any atom is -0.419 e. The second-order valence-corrected chi connectivity index (χ2v) is 7.42. The molecule has 1 saturated heterocycles. The van der Waals surface area contributed by atoms with E-state index in [0.717, 1.165) is 12.0 Å². The van der Waals surface area contributed by atoms with Gasteiger partial charge in [-0.25, -0.2) is 0 Å². The average molecular weight is 421 g/mol. The zero-order chi connectivity index (χ0) is 21.8. The maximum Gasteiger partial charge on any atom is 0.269 e. The molecule has 0 spiro atoms. The second-order valence-electron chi connectivity index (χ2n) is 7.42. The molecule has 2 aromatic carbocycles. The van der Waals surface area contributed by atoms with Crippen molar-refractivity contribution in [2.45, 2.75) is 19.9 Å². The van der Waals surface area contributed by atoms with Crippen molar-refractivity contribution < 1.29 is 14.1 Å². The second kappa shape index (κ2) is 9.05. The summed E-state index contributed by atoms with van der Waals surface area (Å²) >= 11 is 0. The summed E-state index contributed by atoms with van der Waals surface area (Å²) < 4.78 is 5.72. The fourth-order valence-corrected chi connectivity index (χ4v) is 3.53. The third-order valence-electron chi connectivity index (χ3n) is 5.42. The predicted octanol–water partition coefficient (Wildman–Crippen LogP) is 3.17. The summed E-state index contributed by atoms with van der Waals surface area (Å²) in [6.07, 6.45) is 0.953. The summed E-state index contributed by atoms with van der Waals surface area (Å²) in [7, 11) is 0. The molecule has 1 amide bonds. The molecule has 0 saturated carbocycles. The average Bonchev–Trinajstić information content (AvgIpc) is 3.27. The number of aryl methyl sites for hydroxylation is 1. The number of rotatable bonds is 6. The van der Waals surface area contributed by atoms with E-state index in [1.165, 1.54) is 17.7 Å². The van der Waals surface area contributed by atoms with Gasteiger partial charge in [0.2, 0.25) is 11.8 Å². The molecule has 3 aromatic rings. The molecule has 9 heteroatoms. The SMILES string of the molecule is CCc1ccc(C(=O)N2CCN(Cc3nnc(-c4ccc([N+](=O)[O-])cc4)o3)CC2)cc1. The number of hydrogen-bond donors (Lipinski definition) is 0. The lowest BCUT2D eigenvalue weighted by Crippen LogP contribution is -2.48. The van der Waals surface area contributed by atoms with Crippen molar-refractivity contribution in [2.24, 2.45) is 0 Å². The summed E-state index contributed by atoms with van der Waals surface area (Å²) in [5.74, 6) is 0.859. The minimum atomic E-state index is -0.451. The molecular weight excluding hydrogens is 398 g/mol. The van der Waals surface area contributed by atoms with Crippen LogP contribution in [0.5, 0.6) is 0 Å². The van der Waals surface area contributed by atoms with Gasteiger partial charge in [0, 0.05) is 49.4 Å². The van der Waals surface area contributed by atoms with Crippen LogP contribution in [-0.2, 0) is 13.0 Å². The fourth-order valence-electron chi connectivity index (χ4n) is 3.53. The maximum atomic E-state index is 12.7. The Morgan fingerprint density at radius 2 is 1.71 bits per heavy atom. The van der Waals surface area contributed by atoms with Crippen LogP contribution in [0.15, 0.2) is 52.9 Å². The maximum absolute atomic E-state index is 12.7. The first-order valence-corrected chi connectivity index (χ1v) is 10.2. The highest BCUT2D eigenvalue weighted by Gasteiger charge is 2.23. The summed E-state index contributed by atoms with van der Waals surface area (Å²) in [5.41, 5.74) is 2.58. The van der Waals surface area contributed by atoms with Crippen LogP contribution in [0.3, 0.4) is 0 Å². The Morgan fingerprint density at radius 3 is 2.32 bits per heavy atom. The van der Waals surface area contributed by atoms with Crippen LogP contribution in [0.2, 0.25) is 0 Å². The number of hydrogen-bond acceptors (Lipinski definition) is 7. The van der Waals surface area contributed by atoms with E-state index in [1.54, 1.807) is 12.1 Å². The number of nitrogens with zero attached hydrogens (tertiary/aromatic N) is 5. The van der Waals surface area contributed by atoms with Crippen molar-refractivity contribution in [3.63, 3.8) is 0 Å². The Morgan fingerprint density at radius 1 is 1.03 bits per heavy atom. The third kappa shape index (κ3) is 4.77. The van der Waals surface area contributed by atoms with E-state index in [0.29, 0.717) is 50.1 Å². The Bertz CT molecular complexity index is 1050. The van der Waals surface area contributed by atoms with E-state index in [2.05, 4.69) is 22.0 Å². The third-order valence-corrected chi connectivity index (χ3v) is 5.42. The molecule has 0 radical (unpaired) electrons. The van der Waals surface area contributed by atoms with Crippen molar-refractivity contribution in [1.29, 1.82) is 0 Å².